The second-order valence-corrected chi connectivity index (χ2v) is 8.67. The van der Waals surface area contributed by atoms with Gasteiger partial charge in [0.15, 0.2) is 11.0 Å². The third kappa shape index (κ3) is 6.07. The summed E-state index contributed by atoms with van der Waals surface area (Å²) in [6.45, 7) is 8.07. The molecule has 2 aromatic rings. The topological polar surface area (TPSA) is 63.1 Å². The number of nitrogens with zero attached hydrogens (tertiary/aromatic N) is 4. The number of para-hydroxylation sites is 1. The Morgan fingerprint density at radius 2 is 1.89 bits per heavy atom. The second-order valence-electron chi connectivity index (χ2n) is 7.73. The van der Waals surface area contributed by atoms with E-state index < -0.39 is 0 Å². The molecule has 0 atom stereocenters. The number of aromatic nitrogens is 3. The standard InChI is InChI=1S/C21H31N5OS/c1-17(2)11-12-22-20(27)16-28-21-24-23-19(15-25-13-7-4-8-14-25)26(21)18-9-5-3-6-10-18/h3,5-6,9-10,17H,4,7-8,11-16H2,1-2H3,(H,22,27). The number of likely N-dealkylation sites (tertiary alicyclic amines) is 1. The summed E-state index contributed by atoms with van der Waals surface area (Å²) in [5.41, 5.74) is 1.04. The van der Waals surface area contributed by atoms with Crippen molar-refractivity contribution < 1.29 is 4.79 Å². The van der Waals surface area contributed by atoms with Crippen molar-refractivity contribution in [1.82, 2.24) is 25.0 Å². The Labute approximate surface area is 172 Å². The number of hydrogen-bond acceptors (Lipinski definition) is 5. The van der Waals surface area contributed by atoms with Crippen LogP contribution in [-0.2, 0) is 11.3 Å². The van der Waals surface area contributed by atoms with E-state index in [2.05, 4.69) is 51.0 Å². The number of benzene rings is 1. The lowest BCUT2D eigenvalue weighted by molar-refractivity contribution is -0.118. The van der Waals surface area contributed by atoms with Crippen LogP contribution in [0.5, 0.6) is 0 Å². The van der Waals surface area contributed by atoms with Crippen molar-refractivity contribution in [1.29, 1.82) is 0 Å². The highest BCUT2D eigenvalue weighted by Gasteiger charge is 2.19. The normalized spacial score (nSPS) is 15.1. The third-order valence-corrected chi connectivity index (χ3v) is 5.83. The highest BCUT2D eigenvalue weighted by molar-refractivity contribution is 7.99. The summed E-state index contributed by atoms with van der Waals surface area (Å²) in [5, 5.41) is 12.6. The lowest BCUT2D eigenvalue weighted by atomic mass is 10.1. The van der Waals surface area contributed by atoms with Gasteiger partial charge in [-0.15, -0.1) is 10.2 Å². The van der Waals surface area contributed by atoms with Crippen molar-refractivity contribution in [3.05, 3.63) is 36.2 Å². The van der Waals surface area contributed by atoms with E-state index in [4.69, 9.17) is 0 Å². The Bertz CT molecular complexity index is 741. The molecule has 0 unspecified atom stereocenters. The molecule has 0 bridgehead atoms. The van der Waals surface area contributed by atoms with Crippen LogP contribution in [0.3, 0.4) is 0 Å². The van der Waals surface area contributed by atoms with Gasteiger partial charge in [0.25, 0.3) is 0 Å². The lowest BCUT2D eigenvalue weighted by Gasteiger charge is -2.26. The zero-order valence-electron chi connectivity index (χ0n) is 16.9. The van der Waals surface area contributed by atoms with Crippen LogP contribution in [-0.4, -0.2) is 51.0 Å². The number of carbonyl (C=O) groups excluding carboxylic acids is 1. The maximum absolute atomic E-state index is 12.2. The molecule has 1 saturated heterocycles. The lowest BCUT2D eigenvalue weighted by Crippen LogP contribution is -2.30. The van der Waals surface area contributed by atoms with Crippen molar-refractivity contribution in [2.45, 2.75) is 51.2 Å². The molecule has 152 valence electrons. The SMILES string of the molecule is CC(C)CCNC(=O)CSc1nnc(CN2CCCCC2)n1-c1ccccc1. The molecule has 1 aromatic heterocycles. The molecule has 0 saturated carbocycles. The fourth-order valence-electron chi connectivity index (χ4n) is 3.33. The van der Waals surface area contributed by atoms with E-state index in [1.54, 1.807) is 0 Å². The Morgan fingerprint density at radius 1 is 1.14 bits per heavy atom. The smallest absolute Gasteiger partial charge is 0.230 e. The molecule has 1 N–H and O–H groups in total. The molecule has 1 amide bonds. The molecular weight excluding hydrogens is 370 g/mol. The number of piperidine rings is 1. The first-order valence-corrected chi connectivity index (χ1v) is 11.2. The summed E-state index contributed by atoms with van der Waals surface area (Å²) >= 11 is 1.45. The van der Waals surface area contributed by atoms with Crippen LogP contribution in [0.25, 0.3) is 5.69 Å². The predicted molar refractivity (Wildman–Crippen MR) is 114 cm³/mol. The first kappa shape index (κ1) is 20.9. The molecule has 3 rings (SSSR count). The summed E-state index contributed by atoms with van der Waals surface area (Å²) in [4.78, 5) is 14.6. The summed E-state index contributed by atoms with van der Waals surface area (Å²) in [7, 11) is 0. The van der Waals surface area contributed by atoms with Crippen LogP contribution in [0.15, 0.2) is 35.5 Å². The molecule has 1 aliphatic rings. The highest BCUT2D eigenvalue weighted by atomic mass is 32.2. The molecule has 1 aromatic carbocycles. The first-order valence-electron chi connectivity index (χ1n) is 10.2. The Balaban J connectivity index is 1.69. The fraction of sp³-hybridized carbons (Fsp3) is 0.571. The van der Waals surface area contributed by atoms with Crippen LogP contribution >= 0.6 is 11.8 Å². The number of thioether (sulfide) groups is 1. The van der Waals surface area contributed by atoms with Crippen molar-refractivity contribution in [2.75, 3.05) is 25.4 Å². The van der Waals surface area contributed by atoms with Gasteiger partial charge in [0.1, 0.15) is 0 Å². The highest BCUT2D eigenvalue weighted by Crippen LogP contribution is 2.23. The zero-order chi connectivity index (χ0) is 19.8. The number of rotatable bonds is 9. The van der Waals surface area contributed by atoms with Gasteiger partial charge in [0.2, 0.25) is 5.91 Å². The second kappa shape index (κ2) is 10.6. The van der Waals surface area contributed by atoms with Crippen LogP contribution in [0, 0.1) is 5.92 Å². The van der Waals surface area contributed by atoms with Crippen LogP contribution in [0.2, 0.25) is 0 Å². The molecule has 7 heteroatoms. The largest absolute Gasteiger partial charge is 0.355 e. The van der Waals surface area contributed by atoms with Gasteiger partial charge in [-0.1, -0.05) is 50.2 Å². The third-order valence-electron chi connectivity index (χ3n) is 4.90. The van der Waals surface area contributed by atoms with Gasteiger partial charge in [-0.25, -0.2) is 0 Å². The summed E-state index contributed by atoms with van der Waals surface area (Å²) in [6, 6.07) is 10.2. The first-order chi connectivity index (χ1) is 13.6. The summed E-state index contributed by atoms with van der Waals surface area (Å²) < 4.78 is 2.10. The van der Waals surface area contributed by atoms with Gasteiger partial charge in [0, 0.05) is 12.2 Å². The van der Waals surface area contributed by atoms with Crippen molar-refractivity contribution in [2.24, 2.45) is 5.92 Å². The Kier molecular flexibility index (Phi) is 7.91. The van der Waals surface area contributed by atoms with E-state index in [1.807, 2.05) is 18.2 Å². The molecule has 28 heavy (non-hydrogen) atoms. The molecular formula is C21H31N5OS. The summed E-state index contributed by atoms with van der Waals surface area (Å²) in [6.07, 6.45) is 4.81. The minimum atomic E-state index is 0.0471. The van der Waals surface area contributed by atoms with Crippen molar-refractivity contribution in [3.8, 4) is 5.69 Å². The van der Waals surface area contributed by atoms with E-state index in [1.165, 1.54) is 31.0 Å². The quantitative estimate of drug-likeness (QED) is 0.652. The minimum Gasteiger partial charge on any atom is -0.355 e. The molecule has 0 spiro atoms. The van der Waals surface area contributed by atoms with Crippen molar-refractivity contribution in [3.63, 3.8) is 0 Å². The van der Waals surface area contributed by atoms with Crippen LogP contribution < -0.4 is 5.32 Å². The predicted octanol–water partition coefficient (Wildman–Crippen LogP) is 3.51. The van der Waals surface area contributed by atoms with Gasteiger partial charge < -0.3 is 5.32 Å². The maximum Gasteiger partial charge on any atom is 0.230 e. The molecule has 0 radical (unpaired) electrons. The molecule has 1 aliphatic heterocycles. The monoisotopic (exact) mass is 401 g/mol. The van der Waals surface area contributed by atoms with E-state index >= 15 is 0 Å². The average molecular weight is 402 g/mol. The zero-order valence-corrected chi connectivity index (χ0v) is 17.7. The Hall–Kier alpha value is -1.86. The van der Waals surface area contributed by atoms with Gasteiger partial charge in [-0.2, -0.15) is 0 Å². The van der Waals surface area contributed by atoms with Gasteiger partial charge in [-0.05, 0) is 50.4 Å². The number of amides is 1. The number of hydrogen-bond donors (Lipinski definition) is 1. The van der Waals surface area contributed by atoms with E-state index in [0.717, 1.165) is 49.3 Å². The average Bonchev–Trinajstić information content (AvgIpc) is 3.10. The Morgan fingerprint density at radius 3 is 2.61 bits per heavy atom. The number of nitrogens with one attached hydrogen (secondary N) is 1. The van der Waals surface area contributed by atoms with Gasteiger partial charge in [-0.3, -0.25) is 14.3 Å². The minimum absolute atomic E-state index is 0.0471. The molecule has 1 fully saturated rings. The van der Waals surface area contributed by atoms with E-state index in [9.17, 15) is 4.79 Å². The van der Waals surface area contributed by atoms with Crippen molar-refractivity contribution >= 4 is 17.7 Å². The maximum atomic E-state index is 12.2. The molecule has 2 heterocycles. The summed E-state index contributed by atoms with van der Waals surface area (Å²) in [5.74, 6) is 1.93. The number of carbonyl (C=O) groups is 1. The van der Waals surface area contributed by atoms with Gasteiger partial charge >= 0.3 is 0 Å². The van der Waals surface area contributed by atoms with Gasteiger partial charge in [0.05, 0.1) is 12.3 Å². The van der Waals surface area contributed by atoms with E-state index in [0.29, 0.717) is 11.7 Å². The van der Waals surface area contributed by atoms with Crippen LogP contribution in [0.4, 0.5) is 0 Å². The van der Waals surface area contributed by atoms with Crippen LogP contribution in [0.1, 0.15) is 45.4 Å². The van der Waals surface area contributed by atoms with E-state index in [-0.39, 0.29) is 5.91 Å². The fourth-order valence-corrected chi connectivity index (χ4v) is 4.13. The molecule has 0 aliphatic carbocycles. The molecule has 6 nitrogen and oxygen atoms in total.